The summed E-state index contributed by atoms with van der Waals surface area (Å²) in [5.41, 5.74) is 3.48. The summed E-state index contributed by atoms with van der Waals surface area (Å²) in [6.45, 7) is 9.52. The third kappa shape index (κ3) is 3.95. The maximum atomic E-state index is 13.6. The fourth-order valence-electron chi connectivity index (χ4n) is 4.99. The number of hydrogen-bond acceptors (Lipinski definition) is 6. The molecule has 0 spiro atoms. The second kappa shape index (κ2) is 8.16. The van der Waals surface area contributed by atoms with E-state index < -0.39 is 10.8 Å². The van der Waals surface area contributed by atoms with E-state index in [0.717, 1.165) is 5.70 Å². The maximum absolute atomic E-state index is 13.6. The largest absolute Gasteiger partial charge is 0.378 e. The maximum Gasteiger partial charge on any atom is 0.272 e. The number of aryl methyl sites for hydroxylation is 1. The number of amides is 1. The van der Waals surface area contributed by atoms with Gasteiger partial charge >= 0.3 is 0 Å². The van der Waals surface area contributed by atoms with Gasteiger partial charge in [-0.15, -0.1) is 0 Å². The molecule has 1 aromatic rings. The van der Waals surface area contributed by atoms with Gasteiger partial charge in [0.05, 0.1) is 18.1 Å². The summed E-state index contributed by atoms with van der Waals surface area (Å²) in [6.07, 6.45) is 1.05. The normalized spacial score (nSPS) is 23.1. The molecule has 1 fully saturated rings. The molecule has 1 aliphatic carbocycles. The number of Topliss-reactive ketones (excluding diaryl/α,β-unsaturated/α-hetero) is 1. The summed E-state index contributed by atoms with van der Waals surface area (Å²) >= 11 is 0. The summed E-state index contributed by atoms with van der Waals surface area (Å²) in [6, 6.07) is 5.01. The van der Waals surface area contributed by atoms with Crippen molar-refractivity contribution in [3.8, 4) is 0 Å². The van der Waals surface area contributed by atoms with Crippen molar-refractivity contribution in [1.29, 1.82) is 0 Å². The van der Waals surface area contributed by atoms with E-state index in [1.165, 1.54) is 6.07 Å². The number of dihydropyridines is 1. The van der Waals surface area contributed by atoms with Gasteiger partial charge in [-0.1, -0.05) is 26.0 Å². The van der Waals surface area contributed by atoms with Crippen molar-refractivity contribution in [2.24, 2.45) is 5.41 Å². The minimum atomic E-state index is -0.635. The number of ketones is 1. The van der Waals surface area contributed by atoms with Crippen LogP contribution in [0.3, 0.4) is 0 Å². The van der Waals surface area contributed by atoms with Crippen molar-refractivity contribution in [2.45, 2.75) is 46.5 Å². The molecule has 1 N–H and O–H groups in total. The first-order valence-electron chi connectivity index (χ1n) is 10.9. The Labute approximate surface area is 187 Å². The number of rotatable bonds is 3. The minimum absolute atomic E-state index is 0.0115. The first-order chi connectivity index (χ1) is 15.1. The number of morpholine rings is 1. The second-order valence-electron chi connectivity index (χ2n) is 9.64. The number of nitrogens with zero attached hydrogens (tertiary/aromatic N) is 2. The second-order valence-corrected chi connectivity index (χ2v) is 9.64. The average Bonchev–Trinajstić information content (AvgIpc) is 2.72. The van der Waals surface area contributed by atoms with E-state index in [0.29, 0.717) is 67.1 Å². The molecule has 3 aliphatic rings. The van der Waals surface area contributed by atoms with E-state index in [4.69, 9.17) is 4.74 Å². The van der Waals surface area contributed by atoms with Crippen molar-refractivity contribution in [3.63, 3.8) is 0 Å². The lowest BCUT2D eigenvalue weighted by Gasteiger charge is -2.41. The highest BCUT2D eigenvalue weighted by Crippen LogP contribution is 2.47. The van der Waals surface area contributed by atoms with Crippen molar-refractivity contribution >= 4 is 17.4 Å². The van der Waals surface area contributed by atoms with E-state index in [-0.39, 0.29) is 22.8 Å². The number of nitro benzene ring substituents is 1. The molecule has 0 unspecified atom stereocenters. The number of nitrogens with one attached hydrogen (secondary N) is 1. The fraction of sp³-hybridized carbons (Fsp3) is 0.500. The Hall–Kier alpha value is -3.00. The zero-order chi connectivity index (χ0) is 23.2. The zero-order valence-electron chi connectivity index (χ0n) is 19.0. The zero-order valence-corrected chi connectivity index (χ0v) is 19.0. The van der Waals surface area contributed by atoms with Gasteiger partial charge < -0.3 is 15.0 Å². The highest BCUT2D eigenvalue weighted by atomic mass is 16.6. The molecule has 1 amide bonds. The minimum Gasteiger partial charge on any atom is -0.378 e. The lowest BCUT2D eigenvalue weighted by atomic mass is 9.68. The number of nitro groups is 1. The molecule has 8 heteroatoms. The average molecular weight is 440 g/mol. The molecule has 1 aromatic carbocycles. The third-order valence-corrected chi connectivity index (χ3v) is 6.53. The van der Waals surface area contributed by atoms with Gasteiger partial charge in [-0.3, -0.25) is 19.7 Å². The Morgan fingerprint density at radius 3 is 2.56 bits per heavy atom. The number of carbonyl (C=O) groups excluding carboxylic acids is 2. The molecule has 0 radical (unpaired) electrons. The monoisotopic (exact) mass is 439 g/mol. The Bertz CT molecular complexity index is 1060. The molecule has 170 valence electrons. The molecule has 0 saturated carbocycles. The molecule has 8 nitrogen and oxygen atoms in total. The number of allylic oxidation sites excluding steroid dienone is 3. The van der Waals surface area contributed by atoms with Crippen LogP contribution >= 0.6 is 0 Å². The molecule has 2 heterocycles. The fourth-order valence-corrected chi connectivity index (χ4v) is 4.99. The van der Waals surface area contributed by atoms with Gasteiger partial charge in [0.2, 0.25) is 0 Å². The predicted octanol–water partition coefficient (Wildman–Crippen LogP) is 3.37. The first kappa shape index (κ1) is 22.2. The van der Waals surface area contributed by atoms with E-state index in [2.05, 4.69) is 19.2 Å². The van der Waals surface area contributed by atoms with Crippen molar-refractivity contribution in [2.75, 3.05) is 26.3 Å². The van der Waals surface area contributed by atoms with Crippen LogP contribution in [0.1, 0.15) is 50.7 Å². The number of hydrogen-bond donors (Lipinski definition) is 1. The van der Waals surface area contributed by atoms with Crippen LogP contribution in [0.4, 0.5) is 5.69 Å². The summed E-state index contributed by atoms with van der Waals surface area (Å²) in [5, 5.41) is 15.0. The number of benzene rings is 1. The van der Waals surface area contributed by atoms with Gasteiger partial charge in [-0.2, -0.15) is 0 Å². The Kier molecular flexibility index (Phi) is 5.67. The molecule has 1 atom stereocenters. The molecule has 0 aromatic heterocycles. The summed E-state index contributed by atoms with van der Waals surface area (Å²) < 4.78 is 5.39. The van der Waals surface area contributed by atoms with Crippen molar-refractivity contribution < 1.29 is 19.2 Å². The van der Waals surface area contributed by atoms with E-state index >= 15 is 0 Å². The van der Waals surface area contributed by atoms with Gasteiger partial charge in [-0.05, 0) is 31.2 Å². The highest BCUT2D eigenvalue weighted by Gasteiger charge is 2.44. The Balaban J connectivity index is 1.88. The third-order valence-electron chi connectivity index (χ3n) is 6.53. The predicted molar refractivity (Wildman–Crippen MR) is 119 cm³/mol. The first-order valence-corrected chi connectivity index (χ1v) is 10.9. The van der Waals surface area contributed by atoms with Gasteiger partial charge in [0, 0.05) is 59.6 Å². The van der Waals surface area contributed by atoms with Crippen LogP contribution in [-0.2, 0) is 14.3 Å². The van der Waals surface area contributed by atoms with Crippen LogP contribution in [0.15, 0.2) is 40.7 Å². The summed E-state index contributed by atoms with van der Waals surface area (Å²) in [4.78, 5) is 40.0. The highest BCUT2D eigenvalue weighted by molar-refractivity contribution is 6.05. The van der Waals surface area contributed by atoms with Gasteiger partial charge in [-0.25, -0.2) is 0 Å². The van der Waals surface area contributed by atoms with Crippen LogP contribution in [-0.4, -0.2) is 47.8 Å². The van der Waals surface area contributed by atoms with Crippen LogP contribution in [0.25, 0.3) is 0 Å². The lowest BCUT2D eigenvalue weighted by molar-refractivity contribution is -0.385. The topological polar surface area (TPSA) is 102 Å². The molecular formula is C24H29N3O5. The number of ether oxygens (including phenoxy) is 1. The molecule has 2 aliphatic heterocycles. The van der Waals surface area contributed by atoms with Crippen molar-refractivity contribution in [3.05, 3.63) is 62.0 Å². The number of carbonyl (C=O) groups is 2. The van der Waals surface area contributed by atoms with Crippen LogP contribution in [0.5, 0.6) is 0 Å². The molecular weight excluding hydrogens is 410 g/mol. The van der Waals surface area contributed by atoms with Gasteiger partial charge in [0.15, 0.2) is 5.78 Å². The smallest absolute Gasteiger partial charge is 0.272 e. The van der Waals surface area contributed by atoms with Gasteiger partial charge in [0.1, 0.15) is 0 Å². The lowest BCUT2D eigenvalue weighted by Crippen LogP contribution is -2.45. The summed E-state index contributed by atoms with van der Waals surface area (Å²) in [5.74, 6) is -0.808. The Morgan fingerprint density at radius 2 is 1.91 bits per heavy atom. The molecule has 0 bridgehead atoms. The molecule has 1 saturated heterocycles. The van der Waals surface area contributed by atoms with Gasteiger partial charge in [0.25, 0.3) is 11.6 Å². The molecule has 32 heavy (non-hydrogen) atoms. The SMILES string of the molecule is CC1=C(C(=O)N2CCOCC2)[C@H](c2ccc(C)c([N+](=O)[O-])c2)C2=C(CC(C)(C)CC2=O)N1. The summed E-state index contributed by atoms with van der Waals surface area (Å²) in [7, 11) is 0. The van der Waals surface area contributed by atoms with E-state index in [9.17, 15) is 19.7 Å². The van der Waals surface area contributed by atoms with Crippen molar-refractivity contribution in [1.82, 2.24) is 10.2 Å². The van der Waals surface area contributed by atoms with E-state index in [1.54, 1.807) is 24.0 Å². The Morgan fingerprint density at radius 1 is 1.22 bits per heavy atom. The standard InChI is InChI=1S/C24H29N3O5/c1-14-5-6-16(11-18(14)27(30)31)21-20(23(29)26-7-9-32-10-8-26)15(2)25-17-12-24(3,4)13-19(28)22(17)21/h5-6,11,21,25H,7-10,12-13H2,1-4H3/t21-/m0/s1. The molecule has 4 rings (SSSR count). The van der Waals surface area contributed by atoms with E-state index in [1.807, 2.05) is 6.92 Å². The quantitative estimate of drug-likeness (QED) is 0.572. The van der Waals surface area contributed by atoms with Crippen LogP contribution < -0.4 is 5.32 Å². The van der Waals surface area contributed by atoms with Crippen LogP contribution in [0.2, 0.25) is 0 Å². The van der Waals surface area contributed by atoms with Crippen LogP contribution in [0, 0.1) is 22.5 Å².